The summed E-state index contributed by atoms with van der Waals surface area (Å²) in [4.78, 5) is 18.5. The van der Waals surface area contributed by atoms with Crippen LogP contribution in [0.1, 0.15) is 11.1 Å². The number of nitrogens with one attached hydrogen (secondary N) is 1. The first-order chi connectivity index (χ1) is 10.6. The van der Waals surface area contributed by atoms with Gasteiger partial charge in [0.2, 0.25) is 0 Å². The van der Waals surface area contributed by atoms with Crippen molar-refractivity contribution in [2.75, 3.05) is 0 Å². The summed E-state index contributed by atoms with van der Waals surface area (Å²) in [5, 5.41) is 10.1. The number of carboxylic acid groups (broad SMARTS) is 1. The molecule has 0 bridgehead atoms. The van der Waals surface area contributed by atoms with Gasteiger partial charge >= 0.3 is 5.97 Å². The van der Waals surface area contributed by atoms with E-state index in [0.717, 1.165) is 17.5 Å². The van der Waals surface area contributed by atoms with Crippen LogP contribution in [0.3, 0.4) is 0 Å². The van der Waals surface area contributed by atoms with Crippen LogP contribution in [0.4, 0.5) is 8.78 Å². The highest BCUT2D eigenvalue weighted by Gasteiger charge is 2.14. The molecule has 0 saturated heterocycles. The maximum absolute atomic E-state index is 13.3. The topological polar surface area (TPSA) is 66.0 Å². The molecule has 0 aliphatic heterocycles. The zero-order valence-corrected chi connectivity index (χ0v) is 11.2. The Bertz CT molecular complexity index is 900. The predicted octanol–water partition coefficient (Wildman–Crippen LogP) is 3.47. The number of nitrogens with zero attached hydrogens (tertiary/aromatic N) is 1. The van der Waals surface area contributed by atoms with E-state index < -0.39 is 17.6 Å². The second-order valence-electron chi connectivity index (χ2n) is 4.64. The summed E-state index contributed by atoms with van der Waals surface area (Å²) in [6, 6.07) is 6.51. The van der Waals surface area contributed by atoms with Gasteiger partial charge < -0.3 is 10.1 Å². The Morgan fingerprint density at radius 2 is 2.05 bits per heavy atom. The van der Waals surface area contributed by atoms with Gasteiger partial charge in [0, 0.05) is 23.3 Å². The fourth-order valence-electron chi connectivity index (χ4n) is 2.18. The van der Waals surface area contributed by atoms with E-state index in [1.54, 1.807) is 24.5 Å². The molecule has 0 atom stereocenters. The number of aromatic nitrogens is 2. The zero-order valence-electron chi connectivity index (χ0n) is 11.2. The summed E-state index contributed by atoms with van der Waals surface area (Å²) in [5.41, 5.74) is 1.17. The van der Waals surface area contributed by atoms with Crippen molar-refractivity contribution < 1.29 is 18.7 Å². The number of hydrogen-bond donors (Lipinski definition) is 2. The molecule has 6 heteroatoms. The molecule has 110 valence electrons. The lowest BCUT2D eigenvalue weighted by Crippen LogP contribution is -2.00. The summed E-state index contributed by atoms with van der Waals surface area (Å²) >= 11 is 0. The molecule has 0 unspecified atom stereocenters. The predicted molar refractivity (Wildman–Crippen MR) is 78.0 cm³/mol. The molecule has 0 radical (unpaired) electrons. The van der Waals surface area contributed by atoms with Gasteiger partial charge in [0.1, 0.15) is 5.65 Å². The van der Waals surface area contributed by atoms with Crippen molar-refractivity contribution in [1.82, 2.24) is 9.97 Å². The van der Waals surface area contributed by atoms with Crippen LogP contribution in [-0.4, -0.2) is 21.0 Å². The average molecular weight is 300 g/mol. The largest absolute Gasteiger partial charge is 0.478 e. The van der Waals surface area contributed by atoms with Gasteiger partial charge in [0.15, 0.2) is 11.6 Å². The van der Waals surface area contributed by atoms with Gasteiger partial charge in [-0.1, -0.05) is 6.07 Å². The number of aliphatic carboxylic acids is 1. The summed E-state index contributed by atoms with van der Waals surface area (Å²) in [6.07, 6.45) is 4.62. The second kappa shape index (κ2) is 5.40. The monoisotopic (exact) mass is 300 g/mol. The van der Waals surface area contributed by atoms with Crippen molar-refractivity contribution in [2.45, 2.75) is 0 Å². The molecule has 2 heterocycles. The third-order valence-corrected chi connectivity index (χ3v) is 3.24. The van der Waals surface area contributed by atoms with E-state index in [-0.39, 0.29) is 11.1 Å². The third-order valence-electron chi connectivity index (χ3n) is 3.24. The van der Waals surface area contributed by atoms with Crippen LogP contribution in [0, 0.1) is 11.6 Å². The fourth-order valence-corrected chi connectivity index (χ4v) is 2.18. The SMILES string of the molecule is O=C(O)/C(=C\c1c[nH]c2ncccc12)c1ccc(F)c(F)c1. The molecule has 0 aliphatic rings. The Balaban J connectivity index is 2.15. The number of carboxylic acids is 1. The molecule has 0 fully saturated rings. The second-order valence-corrected chi connectivity index (χ2v) is 4.64. The van der Waals surface area contributed by atoms with Crippen LogP contribution in [0.5, 0.6) is 0 Å². The molecule has 22 heavy (non-hydrogen) atoms. The van der Waals surface area contributed by atoms with Crippen molar-refractivity contribution >= 4 is 28.7 Å². The van der Waals surface area contributed by atoms with Crippen molar-refractivity contribution in [1.29, 1.82) is 0 Å². The maximum atomic E-state index is 13.3. The zero-order chi connectivity index (χ0) is 15.7. The van der Waals surface area contributed by atoms with Crippen molar-refractivity contribution in [3.05, 3.63) is 65.5 Å². The van der Waals surface area contributed by atoms with Gasteiger partial charge in [-0.2, -0.15) is 0 Å². The van der Waals surface area contributed by atoms with Gasteiger partial charge in [-0.15, -0.1) is 0 Å². The highest BCUT2D eigenvalue weighted by atomic mass is 19.2. The van der Waals surface area contributed by atoms with E-state index in [1.165, 1.54) is 12.1 Å². The minimum atomic E-state index is -1.23. The van der Waals surface area contributed by atoms with E-state index in [1.807, 2.05) is 0 Å². The molecule has 1 aromatic carbocycles. The van der Waals surface area contributed by atoms with E-state index in [2.05, 4.69) is 9.97 Å². The average Bonchev–Trinajstić information content (AvgIpc) is 2.91. The van der Waals surface area contributed by atoms with Gasteiger partial charge in [-0.3, -0.25) is 0 Å². The first-order valence-corrected chi connectivity index (χ1v) is 6.39. The molecular weight excluding hydrogens is 290 g/mol. The smallest absolute Gasteiger partial charge is 0.336 e. The van der Waals surface area contributed by atoms with E-state index >= 15 is 0 Å². The Morgan fingerprint density at radius 3 is 2.77 bits per heavy atom. The summed E-state index contributed by atoms with van der Waals surface area (Å²) in [5.74, 6) is -3.35. The number of hydrogen-bond acceptors (Lipinski definition) is 2. The number of halogens is 2. The molecule has 3 rings (SSSR count). The quantitative estimate of drug-likeness (QED) is 0.728. The molecule has 3 aromatic rings. The first kappa shape index (κ1) is 13.9. The summed E-state index contributed by atoms with van der Waals surface area (Å²) < 4.78 is 26.3. The molecule has 4 nitrogen and oxygen atoms in total. The molecule has 2 aromatic heterocycles. The van der Waals surface area contributed by atoms with Crippen molar-refractivity contribution in [2.24, 2.45) is 0 Å². The Morgan fingerprint density at radius 1 is 1.23 bits per heavy atom. The van der Waals surface area contributed by atoms with E-state index in [4.69, 9.17) is 0 Å². The van der Waals surface area contributed by atoms with Gasteiger partial charge in [0.05, 0.1) is 5.57 Å². The Hall–Kier alpha value is -3.02. The van der Waals surface area contributed by atoms with Crippen LogP contribution in [-0.2, 0) is 4.79 Å². The number of pyridine rings is 1. The minimum Gasteiger partial charge on any atom is -0.478 e. The maximum Gasteiger partial charge on any atom is 0.336 e. The molecule has 0 aliphatic carbocycles. The molecule has 0 saturated carbocycles. The van der Waals surface area contributed by atoms with Crippen molar-refractivity contribution in [3.8, 4) is 0 Å². The highest BCUT2D eigenvalue weighted by molar-refractivity contribution is 6.21. The number of fused-ring (bicyclic) bond motifs is 1. The van der Waals surface area contributed by atoms with Gasteiger partial charge in [-0.25, -0.2) is 18.6 Å². The minimum absolute atomic E-state index is 0.0876. The number of aromatic amines is 1. The molecular formula is C16H10F2N2O2. The first-order valence-electron chi connectivity index (χ1n) is 6.39. The Kier molecular flexibility index (Phi) is 3.42. The van der Waals surface area contributed by atoms with Crippen LogP contribution in [0.25, 0.3) is 22.7 Å². The molecule has 0 spiro atoms. The standard InChI is InChI=1S/C16H10F2N2O2/c17-13-4-3-9(7-14(13)18)12(16(21)22)6-10-8-20-15-11(10)2-1-5-19-15/h1-8H,(H,19,20)(H,21,22)/b12-6-. The third kappa shape index (κ3) is 2.46. The van der Waals surface area contributed by atoms with E-state index in [9.17, 15) is 18.7 Å². The van der Waals surface area contributed by atoms with Crippen LogP contribution < -0.4 is 0 Å². The van der Waals surface area contributed by atoms with Crippen LogP contribution in [0.15, 0.2) is 42.7 Å². The van der Waals surface area contributed by atoms with Gasteiger partial charge in [-0.05, 0) is 35.9 Å². The van der Waals surface area contributed by atoms with E-state index in [0.29, 0.717) is 11.2 Å². The van der Waals surface area contributed by atoms with Crippen LogP contribution in [0.2, 0.25) is 0 Å². The lowest BCUT2D eigenvalue weighted by atomic mass is 10.0. The lowest BCUT2D eigenvalue weighted by Gasteiger charge is -2.03. The Labute approximate surface area is 123 Å². The number of rotatable bonds is 3. The number of H-pyrrole nitrogens is 1. The molecule has 2 N–H and O–H groups in total. The van der Waals surface area contributed by atoms with Crippen LogP contribution >= 0.6 is 0 Å². The number of carbonyl (C=O) groups is 1. The highest BCUT2D eigenvalue weighted by Crippen LogP contribution is 2.24. The normalized spacial score (nSPS) is 11.8. The fraction of sp³-hybridized carbons (Fsp3) is 0. The lowest BCUT2D eigenvalue weighted by molar-refractivity contribution is -0.130. The summed E-state index contributed by atoms with van der Waals surface area (Å²) in [6.45, 7) is 0. The van der Waals surface area contributed by atoms with Crippen molar-refractivity contribution in [3.63, 3.8) is 0 Å². The molecule has 0 amide bonds. The number of benzene rings is 1. The summed E-state index contributed by atoms with van der Waals surface area (Å²) in [7, 11) is 0. The van der Waals surface area contributed by atoms with Gasteiger partial charge in [0.25, 0.3) is 0 Å².